The normalized spacial score (nSPS) is 22.2. The van der Waals surface area contributed by atoms with Crippen LogP contribution in [0.1, 0.15) is 5.56 Å². The molecular weight excluding hydrogens is 228 g/mol. The Balaban J connectivity index is 2.13. The molecule has 1 aromatic rings. The van der Waals surface area contributed by atoms with Gasteiger partial charge in [-0.2, -0.15) is 5.26 Å². The molecule has 18 heavy (non-hydrogen) atoms. The predicted octanol–water partition coefficient (Wildman–Crippen LogP) is 0.313. The molecule has 0 spiro atoms. The minimum Gasteiger partial charge on any atom is -0.355 e. The number of nitrogens with one attached hydrogen (secondary N) is 1. The smallest absolute Gasteiger partial charge is 0.250 e. The molecule has 5 nitrogen and oxygen atoms in total. The Labute approximate surface area is 106 Å². The molecule has 0 bridgehead atoms. The number of piperazine rings is 1. The molecule has 2 aliphatic heterocycles. The molecule has 1 saturated heterocycles. The highest BCUT2D eigenvalue weighted by atomic mass is 16.2. The lowest BCUT2D eigenvalue weighted by atomic mass is 10.0. The molecular formula is C13H14N4O. The summed E-state index contributed by atoms with van der Waals surface area (Å²) < 4.78 is 0. The van der Waals surface area contributed by atoms with Crippen molar-refractivity contribution in [3.8, 4) is 6.07 Å². The van der Waals surface area contributed by atoms with Crippen molar-refractivity contribution in [2.75, 3.05) is 36.5 Å². The third kappa shape index (κ3) is 1.46. The highest BCUT2D eigenvalue weighted by Crippen LogP contribution is 2.36. The minimum atomic E-state index is -0.148. The Morgan fingerprint density at radius 3 is 3.06 bits per heavy atom. The molecule has 2 aliphatic rings. The van der Waals surface area contributed by atoms with Gasteiger partial charge < -0.3 is 15.1 Å². The van der Waals surface area contributed by atoms with Crippen LogP contribution >= 0.6 is 0 Å². The quantitative estimate of drug-likeness (QED) is 0.711. The summed E-state index contributed by atoms with van der Waals surface area (Å²) >= 11 is 0. The fourth-order valence-electron chi connectivity index (χ4n) is 2.66. The second kappa shape index (κ2) is 4.00. The molecule has 3 rings (SSSR count). The number of nitrogens with zero attached hydrogens (tertiary/aromatic N) is 3. The van der Waals surface area contributed by atoms with Gasteiger partial charge >= 0.3 is 0 Å². The molecule has 0 aromatic heterocycles. The number of benzene rings is 1. The molecule has 1 amide bonds. The van der Waals surface area contributed by atoms with E-state index in [1.165, 1.54) is 0 Å². The Morgan fingerprint density at radius 2 is 2.28 bits per heavy atom. The second-order valence-electron chi connectivity index (χ2n) is 4.63. The minimum absolute atomic E-state index is 0.111. The largest absolute Gasteiger partial charge is 0.355 e. The van der Waals surface area contributed by atoms with Crippen molar-refractivity contribution in [2.24, 2.45) is 0 Å². The van der Waals surface area contributed by atoms with Crippen LogP contribution in [0.5, 0.6) is 0 Å². The third-order valence-corrected chi connectivity index (χ3v) is 3.63. The van der Waals surface area contributed by atoms with Crippen molar-refractivity contribution in [2.45, 2.75) is 6.04 Å². The zero-order valence-corrected chi connectivity index (χ0v) is 10.2. The molecule has 92 valence electrons. The summed E-state index contributed by atoms with van der Waals surface area (Å²) in [6.07, 6.45) is 0. The molecule has 1 atom stereocenters. The number of hydrogen-bond donors (Lipinski definition) is 1. The number of nitriles is 1. The fourth-order valence-corrected chi connectivity index (χ4v) is 2.66. The van der Waals surface area contributed by atoms with Crippen LogP contribution in [-0.4, -0.2) is 38.6 Å². The van der Waals surface area contributed by atoms with E-state index in [9.17, 15) is 4.79 Å². The van der Waals surface area contributed by atoms with E-state index in [2.05, 4.69) is 16.3 Å². The van der Waals surface area contributed by atoms with E-state index >= 15 is 0 Å². The molecule has 5 heteroatoms. The van der Waals surface area contributed by atoms with Crippen LogP contribution in [0.25, 0.3) is 0 Å². The molecule has 2 heterocycles. The SMILES string of the molecule is CN1C(=O)C2CNCCN2c2cc(C#N)ccc21. The van der Waals surface area contributed by atoms with Crippen molar-refractivity contribution in [1.29, 1.82) is 5.26 Å². The topological polar surface area (TPSA) is 59.4 Å². The van der Waals surface area contributed by atoms with Crippen molar-refractivity contribution >= 4 is 17.3 Å². The molecule has 0 aliphatic carbocycles. The number of carbonyl (C=O) groups excluding carboxylic acids is 1. The van der Waals surface area contributed by atoms with Crippen molar-refractivity contribution in [3.05, 3.63) is 23.8 Å². The van der Waals surface area contributed by atoms with Gasteiger partial charge in [-0.1, -0.05) is 0 Å². The third-order valence-electron chi connectivity index (χ3n) is 3.63. The van der Waals surface area contributed by atoms with Gasteiger partial charge in [-0.25, -0.2) is 0 Å². The van der Waals surface area contributed by atoms with Gasteiger partial charge in [-0.3, -0.25) is 4.79 Å². The lowest BCUT2D eigenvalue weighted by molar-refractivity contribution is -0.120. The lowest BCUT2D eigenvalue weighted by Crippen LogP contribution is -2.61. The van der Waals surface area contributed by atoms with Crippen LogP contribution in [-0.2, 0) is 4.79 Å². The van der Waals surface area contributed by atoms with Gasteiger partial charge in [0.1, 0.15) is 6.04 Å². The molecule has 0 radical (unpaired) electrons. The summed E-state index contributed by atoms with van der Waals surface area (Å²) in [5.74, 6) is 0.111. The van der Waals surface area contributed by atoms with Gasteiger partial charge in [0, 0.05) is 26.7 Å². The zero-order valence-electron chi connectivity index (χ0n) is 10.2. The van der Waals surface area contributed by atoms with Crippen LogP contribution in [0.3, 0.4) is 0 Å². The number of rotatable bonds is 0. The highest BCUT2D eigenvalue weighted by molar-refractivity contribution is 6.05. The Morgan fingerprint density at radius 1 is 1.44 bits per heavy atom. The number of amides is 1. The van der Waals surface area contributed by atoms with E-state index in [1.54, 1.807) is 18.0 Å². The standard InChI is InChI=1S/C13H14N4O/c1-16-10-3-2-9(7-14)6-11(10)17-5-4-15-8-12(17)13(16)18/h2-3,6,12,15H,4-5,8H2,1H3. The van der Waals surface area contributed by atoms with Crippen LogP contribution in [0.4, 0.5) is 11.4 Å². The van der Waals surface area contributed by atoms with Gasteiger partial charge in [0.2, 0.25) is 0 Å². The number of hydrogen-bond acceptors (Lipinski definition) is 4. The van der Waals surface area contributed by atoms with E-state index in [1.807, 2.05) is 12.1 Å². The average molecular weight is 242 g/mol. The van der Waals surface area contributed by atoms with E-state index in [-0.39, 0.29) is 11.9 Å². The summed E-state index contributed by atoms with van der Waals surface area (Å²) in [5.41, 5.74) is 2.51. The molecule has 1 aromatic carbocycles. The Kier molecular flexibility index (Phi) is 2.46. The van der Waals surface area contributed by atoms with Crippen LogP contribution in [0, 0.1) is 11.3 Å². The number of likely N-dealkylation sites (N-methyl/N-ethyl adjacent to an activating group) is 1. The summed E-state index contributed by atoms with van der Waals surface area (Å²) in [4.78, 5) is 16.0. The van der Waals surface area contributed by atoms with Crippen molar-refractivity contribution in [3.63, 3.8) is 0 Å². The van der Waals surface area contributed by atoms with Gasteiger partial charge in [-0.15, -0.1) is 0 Å². The fraction of sp³-hybridized carbons (Fsp3) is 0.385. The monoisotopic (exact) mass is 242 g/mol. The lowest BCUT2D eigenvalue weighted by Gasteiger charge is -2.44. The van der Waals surface area contributed by atoms with Gasteiger partial charge in [0.25, 0.3) is 5.91 Å². The molecule has 1 N–H and O–H groups in total. The van der Waals surface area contributed by atoms with E-state index in [0.29, 0.717) is 12.1 Å². The highest BCUT2D eigenvalue weighted by Gasteiger charge is 2.37. The van der Waals surface area contributed by atoms with Crippen LogP contribution < -0.4 is 15.1 Å². The first-order valence-electron chi connectivity index (χ1n) is 6.01. The molecule has 0 saturated carbocycles. The first-order chi connectivity index (χ1) is 8.72. The average Bonchev–Trinajstić information content (AvgIpc) is 2.44. The number of anilines is 2. The second-order valence-corrected chi connectivity index (χ2v) is 4.63. The summed E-state index contributed by atoms with van der Waals surface area (Å²) in [6.45, 7) is 2.33. The number of fused-ring (bicyclic) bond motifs is 3. The van der Waals surface area contributed by atoms with E-state index in [0.717, 1.165) is 24.5 Å². The number of carbonyl (C=O) groups is 1. The zero-order chi connectivity index (χ0) is 12.7. The van der Waals surface area contributed by atoms with E-state index < -0.39 is 0 Å². The van der Waals surface area contributed by atoms with Crippen molar-refractivity contribution < 1.29 is 4.79 Å². The maximum absolute atomic E-state index is 12.3. The van der Waals surface area contributed by atoms with Gasteiger partial charge in [0.05, 0.1) is 23.0 Å². The Bertz CT molecular complexity index is 548. The Hall–Kier alpha value is -2.06. The van der Waals surface area contributed by atoms with Crippen LogP contribution in [0.15, 0.2) is 18.2 Å². The summed E-state index contributed by atoms with van der Waals surface area (Å²) in [5, 5.41) is 12.2. The summed E-state index contributed by atoms with van der Waals surface area (Å²) in [7, 11) is 1.79. The molecule has 1 unspecified atom stereocenters. The predicted molar refractivity (Wildman–Crippen MR) is 68.6 cm³/mol. The van der Waals surface area contributed by atoms with Gasteiger partial charge in [0.15, 0.2) is 0 Å². The van der Waals surface area contributed by atoms with Gasteiger partial charge in [-0.05, 0) is 18.2 Å². The maximum atomic E-state index is 12.3. The first-order valence-corrected chi connectivity index (χ1v) is 6.01. The van der Waals surface area contributed by atoms with Crippen molar-refractivity contribution in [1.82, 2.24) is 5.32 Å². The molecule has 1 fully saturated rings. The first kappa shape index (κ1) is 11.1. The van der Waals surface area contributed by atoms with Crippen LogP contribution in [0.2, 0.25) is 0 Å². The maximum Gasteiger partial charge on any atom is 0.250 e. The van der Waals surface area contributed by atoms with E-state index in [4.69, 9.17) is 5.26 Å². The summed E-state index contributed by atoms with van der Waals surface area (Å²) in [6, 6.07) is 7.48.